The second-order valence-corrected chi connectivity index (χ2v) is 8.79. The van der Waals surface area contributed by atoms with Crippen LogP contribution in [0.5, 0.6) is 0 Å². The highest BCUT2D eigenvalue weighted by Gasteiger charge is 2.36. The molecule has 0 spiro atoms. The van der Waals surface area contributed by atoms with E-state index in [0.29, 0.717) is 12.1 Å². The molecule has 0 aliphatic heterocycles. The molecule has 0 bridgehead atoms. The molecule has 24 heavy (non-hydrogen) atoms. The van der Waals surface area contributed by atoms with Crippen LogP contribution in [0, 0.1) is 12.5 Å². The summed E-state index contributed by atoms with van der Waals surface area (Å²) in [6, 6.07) is 2.21. The molecule has 128 valence electrons. The van der Waals surface area contributed by atoms with Crippen molar-refractivity contribution in [2.75, 3.05) is 23.5 Å². The minimum atomic E-state index is -2.93. The Bertz CT molecular complexity index is 876. The number of sulfone groups is 1. The van der Waals surface area contributed by atoms with Gasteiger partial charge < -0.3 is 9.88 Å². The van der Waals surface area contributed by atoms with Crippen LogP contribution in [0.15, 0.2) is 18.5 Å². The zero-order valence-corrected chi connectivity index (χ0v) is 14.8. The Kier molecular flexibility index (Phi) is 4.50. The molecule has 0 unspecified atom stereocenters. The number of nitrogens with zero attached hydrogens (tertiary/aromatic N) is 3. The smallest absolute Gasteiger partial charge is 0.228 e. The number of hydrogen-bond donors (Lipinski definition) is 1. The lowest BCUT2D eigenvalue weighted by Gasteiger charge is -2.42. The second kappa shape index (κ2) is 6.44. The predicted octanol–water partition coefficient (Wildman–Crippen LogP) is 3.15. The summed E-state index contributed by atoms with van der Waals surface area (Å²) in [4.78, 5) is 13.1. The van der Waals surface area contributed by atoms with Crippen molar-refractivity contribution in [3.63, 3.8) is 0 Å². The topological polar surface area (TPSA) is 70.4 Å². The van der Waals surface area contributed by atoms with Crippen LogP contribution < -0.4 is 4.90 Å². The lowest BCUT2D eigenvalue weighted by molar-refractivity contribution is 0.283. The summed E-state index contributed by atoms with van der Waals surface area (Å²) in [7, 11) is -0.942. The minimum absolute atomic E-state index is 0.231. The van der Waals surface area contributed by atoms with Gasteiger partial charge in [-0.05, 0) is 31.2 Å². The fraction of sp³-hybridized carbons (Fsp3) is 0.529. The second-order valence-electron chi connectivity index (χ2n) is 6.56. The number of fused-ring (bicyclic) bond motifs is 1. The molecule has 0 saturated heterocycles. The molecule has 1 aliphatic carbocycles. The van der Waals surface area contributed by atoms with Crippen molar-refractivity contribution in [2.45, 2.75) is 32.2 Å². The van der Waals surface area contributed by atoms with Crippen molar-refractivity contribution in [3.05, 3.63) is 29.9 Å². The first-order valence-electron chi connectivity index (χ1n) is 8.22. The summed E-state index contributed by atoms with van der Waals surface area (Å²) < 4.78 is 23.9. The van der Waals surface area contributed by atoms with Crippen molar-refractivity contribution < 1.29 is 8.42 Å². The standard InChI is InChI=1S/C17H22N4O2S/c1-4-7-24(22,23)11-12-8-13(9-12)21(3)16-14-5-6-19-17(14)20-10-15(16)18-2/h5-6,10,12-13H,4,7-9,11H2,1,3H3,(H,19,20). The molecule has 1 fully saturated rings. The number of hydrogen-bond acceptors (Lipinski definition) is 4. The third-order valence-corrected chi connectivity index (χ3v) is 6.78. The van der Waals surface area contributed by atoms with Gasteiger partial charge in [-0.2, -0.15) is 0 Å². The molecule has 1 aliphatic rings. The van der Waals surface area contributed by atoms with Gasteiger partial charge in [0.2, 0.25) is 5.69 Å². The van der Waals surface area contributed by atoms with E-state index in [4.69, 9.17) is 6.57 Å². The number of anilines is 1. The summed E-state index contributed by atoms with van der Waals surface area (Å²) in [5.74, 6) is 0.797. The largest absolute Gasteiger partial charge is 0.380 e. The molecule has 1 N–H and O–H groups in total. The molecular weight excluding hydrogens is 324 g/mol. The van der Waals surface area contributed by atoms with Crippen LogP contribution in [0.1, 0.15) is 26.2 Å². The van der Waals surface area contributed by atoms with Gasteiger partial charge in [0.1, 0.15) is 5.65 Å². The lowest BCUT2D eigenvalue weighted by Crippen LogP contribution is -2.45. The number of H-pyrrole nitrogens is 1. The third-order valence-electron chi connectivity index (χ3n) is 4.78. The van der Waals surface area contributed by atoms with E-state index in [1.807, 2.05) is 26.2 Å². The van der Waals surface area contributed by atoms with Crippen molar-refractivity contribution in [1.29, 1.82) is 0 Å². The van der Waals surface area contributed by atoms with Crippen molar-refractivity contribution in [1.82, 2.24) is 9.97 Å². The summed E-state index contributed by atoms with van der Waals surface area (Å²) in [6.45, 7) is 9.29. The molecule has 7 heteroatoms. The van der Waals surface area contributed by atoms with E-state index in [1.165, 1.54) is 0 Å². The summed E-state index contributed by atoms with van der Waals surface area (Å²) in [5, 5.41) is 0.938. The van der Waals surface area contributed by atoms with Crippen LogP contribution in [0.25, 0.3) is 15.9 Å². The molecule has 3 rings (SSSR count). The number of aromatic amines is 1. The SMILES string of the molecule is [C-]#[N+]c1cnc2[nH]ccc2c1N(C)C1CC(CS(=O)(=O)CCC)C1. The highest BCUT2D eigenvalue weighted by Crippen LogP contribution is 2.41. The Hall–Kier alpha value is -2.07. The van der Waals surface area contributed by atoms with E-state index in [2.05, 4.69) is 19.7 Å². The maximum atomic E-state index is 12.0. The van der Waals surface area contributed by atoms with E-state index < -0.39 is 9.84 Å². The van der Waals surface area contributed by atoms with Crippen molar-refractivity contribution in [2.24, 2.45) is 5.92 Å². The first kappa shape index (κ1) is 16.8. The van der Waals surface area contributed by atoms with Crippen LogP contribution in [-0.4, -0.2) is 43.0 Å². The molecule has 6 nitrogen and oxygen atoms in total. The Balaban J connectivity index is 1.75. The Morgan fingerprint density at radius 1 is 1.46 bits per heavy atom. The van der Waals surface area contributed by atoms with Gasteiger partial charge in [0.05, 0.1) is 18.0 Å². The molecule has 0 radical (unpaired) electrons. The quantitative estimate of drug-likeness (QED) is 0.816. The normalized spacial score (nSPS) is 20.5. The predicted molar refractivity (Wildman–Crippen MR) is 96.2 cm³/mol. The van der Waals surface area contributed by atoms with Crippen molar-refractivity contribution in [3.8, 4) is 0 Å². The molecule has 0 atom stereocenters. The highest BCUT2D eigenvalue weighted by molar-refractivity contribution is 7.91. The molecule has 2 aromatic rings. The minimum Gasteiger partial charge on any atom is -0.380 e. The molecule has 2 heterocycles. The van der Waals surface area contributed by atoms with Gasteiger partial charge in [-0.3, -0.25) is 4.98 Å². The Morgan fingerprint density at radius 3 is 2.88 bits per heavy atom. The van der Waals surface area contributed by atoms with E-state index >= 15 is 0 Å². The number of nitrogens with one attached hydrogen (secondary N) is 1. The average Bonchev–Trinajstić information content (AvgIpc) is 2.97. The number of aromatic nitrogens is 2. The van der Waals surface area contributed by atoms with E-state index in [1.54, 1.807) is 6.20 Å². The number of rotatable bonds is 6. The fourth-order valence-electron chi connectivity index (χ4n) is 3.52. The van der Waals surface area contributed by atoms with Gasteiger partial charge in [0, 0.05) is 36.6 Å². The Labute approximate surface area is 142 Å². The average molecular weight is 346 g/mol. The lowest BCUT2D eigenvalue weighted by atomic mass is 9.80. The summed E-state index contributed by atoms with van der Waals surface area (Å²) in [6.07, 6.45) is 5.80. The zero-order valence-electron chi connectivity index (χ0n) is 14.0. The molecular formula is C17H22N4O2S. The van der Waals surface area contributed by atoms with Crippen LogP contribution in [-0.2, 0) is 9.84 Å². The highest BCUT2D eigenvalue weighted by atomic mass is 32.2. The van der Waals surface area contributed by atoms with Gasteiger partial charge in [-0.15, -0.1) is 0 Å². The van der Waals surface area contributed by atoms with Gasteiger partial charge in [-0.1, -0.05) is 6.92 Å². The first-order valence-corrected chi connectivity index (χ1v) is 10.0. The molecule has 2 aromatic heterocycles. The van der Waals surface area contributed by atoms with Gasteiger partial charge in [-0.25, -0.2) is 13.3 Å². The fourth-order valence-corrected chi connectivity index (χ4v) is 5.30. The number of pyridine rings is 1. The summed E-state index contributed by atoms with van der Waals surface area (Å²) >= 11 is 0. The molecule has 0 aromatic carbocycles. The van der Waals surface area contributed by atoms with Crippen LogP contribution in [0.4, 0.5) is 11.4 Å². The van der Waals surface area contributed by atoms with Gasteiger partial charge in [0.25, 0.3) is 0 Å². The monoisotopic (exact) mass is 346 g/mol. The van der Waals surface area contributed by atoms with Gasteiger partial charge >= 0.3 is 0 Å². The maximum Gasteiger partial charge on any atom is 0.228 e. The van der Waals surface area contributed by atoms with Crippen LogP contribution >= 0.6 is 0 Å². The first-order chi connectivity index (χ1) is 11.4. The summed E-state index contributed by atoms with van der Waals surface area (Å²) in [5.41, 5.74) is 2.19. The maximum absolute atomic E-state index is 12.0. The van der Waals surface area contributed by atoms with E-state index in [0.717, 1.165) is 29.6 Å². The molecule has 1 saturated carbocycles. The van der Waals surface area contributed by atoms with Crippen LogP contribution in [0.3, 0.4) is 0 Å². The van der Waals surface area contributed by atoms with E-state index in [9.17, 15) is 8.42 Å². The zero-order chi connectivity index (χ0) is 17.3. The van der Waals surface area contributed by atoms with Crippen molar-refractivity contribution >= 4 is 32.2 Å². The van der Waals surface area contributed by atoms with Crippen LogP contribution in [0.2, 0.25) is 0 Å². The third kappa shape index (κ3) is 3.11. The Morgan fingerprint density at radius 2 is 2.21 bits per heavy atom. The van der Waals surface area contributed by atoms with E-state index in [-0.39, 0.29) is 23.5 Å². The molecule has 0 amide bonds. The van der Waals surface area contributed by atoms with Gasteiger partial charge in [0.15, 0.2) is 9.84 Å².